The van der Waals surface area contributed by atoms with E-state index in [0.717, 1.165) is 0 Å². The van der Waals surface area contributed by atoms with Crippen molar-refractivity contribution in [3.63, 3.8) is 0 Å². The maximum Gasteiger partial charge on any atom is 0.168 e. The number of hydrogen-bond donors (Lipinski definition) is 1. The van der Waals surface area contributed by atoms with Gasteiger partial charge in [-0.25, -0.2) is 0 Å². The van der Waals surface area contributed by atoms with Crippen molar-refractivity contribution in [1.29, 1.82) is 0 Å². The van der Waals surface area contributed by atoms with E-state index in [2.05, 4.69) is 0 Å². The smallest absolute Gasteiger partial charge is 0.168 e. The fraction of sp³-hybridized carbons (Fsp3) is 0.500. The number of methoxy groups -OCH3 is 1. The number of hydrogen-bond acceptors (Lipinski definition) is 2. The maximum atomic E-state index is 8.91. The van der Waals surface area contributed by atoms with Crippen molar-refractivity contribution < 1.29 is 9.84 Å². The molecule has 1 aliphatic carbocycles. The summed E-state index contributed by atoms with van der Waals surface area (Å²) in [5.74, 6) is -0.154. The van der Waals surface area contributed by atoms with Gasteiger partial charge >= 0.3 is 0 Å². The molecule has 0 aromatic heterocycles. The van der Waals surface area contributed by atoms with Crippen LogP contribution < -0.4 is 0 Å². The monoisotopic (exact) mass is 174 g/mol. The zero-order valence-electron chi connectivity index (χ0n) is 6.33. The Kier molecular flexibility index (Phi) is 2.71. The molecule has 0 unspecified atom stereocenters. The van der Waals surface area contributed by atoms with Gasteiger partial charge in [0.2, 0.25) is 0 Å². The SMILES string of the molecule is CO[C@@]1(Cl)C=CC=C[C@@H]1CO. The largest absolute Gasteiger partial charge is 0.396 e. The Bertz CT molecular complexity index is 189. The Labute approximate surface area is 71.1 Å². The second kappa shape index (κ2) is 3.39. The number of aliphatic hydroxyl groups is 1. The first-order valence-electron chi connectivity index (χ1n) is 3.44. The number of ether oxygens (including phenoxy) is 1. The minimum Gasteiger partial charge on any atom is -0.396 e. The van der Waals surface area contributed by atoms with Crippen molar-refractivity contribution in [2.45, 2.75) is 5.06 Å². The second-order valence-corrected chi connectivity index (χ2v) is 3.03. The van der Waals surface area contributed by atoms with Crippen molar-refractivity contribution >= 4 is 11.6 Å². The van der Waals surface area contributed by atoms with Crippen molar-refractivity contribution in [2.75, 3.05) is 13.7 Å². The molecule has 2 atom stereocenters. The number of halogens is 1. The predicted molar refractivity (Wildman–Crippen MR) is 44.4 cm³/mol. The Balaban J connectivity index is 2.77. The van der Waals surface area contributed by atoms with Crippen LogP contribution in [0.15, 0.2) is 24.3 Å². The summed E-state index contributed by atoms with van der Waals surface area (Å²) in [5.41, 5.74) is 0. The van der Waals surface area contributed by atoms with Crippen molar-refractivity contribution in [3.05, 3.63) is 24.3 Å². The van der Waals surface area contributed by atoms with Gasteiger partial charge in [-0.05, 0) is 6.08 Å². The molecule has 0 aromatic rings. The van der Waals surface area contributed by atoms with Crippen LogP contribution in [0.5, 0.6) is 0 Å². The molecule has 0 aromatic carbocycles. The van der Waals surface area contributed by atoms with E-state index >= 15 is 0 Å². The van der Waals surface area contributed by atoms with Crippen LogP contribution in [0.4, 0.5) is 0 Å². The average Bonchev–Trinajstić information content (AvgIpc) is 2.05. The predicted octanol–water partition coefficient (Wildman–Crippen LogP) is 1.30. The molecular weight excluding hydrogens is 164 g/mol. The summed E-state index contributed by atoms with van der Waals surface area (Å²) in [7, 11) is 1.53. The summed E-state index contributed by atoms with van der Waals surface area (Å²) in [5, 5.41) is 8.05. The number of allylic oxidation sites excluding steroid dienone is 2. The van der Waals surface area contributed by atoms with Crippen LogP contribution in [0.2, 0.25) is 0 Å². The number of alkyl halides is 1. The minimum atomic E-state index is -0.858. The first kappa shape index (κ1) is 8.78. The van der Waals surface area contributed by atoms with Gasteiger partial charge in [-0.1, -0.05) is 29.8 Å². The molecular formula is C8H11ClO2. The molecule has 0 aliphatic heterocycles. The van der Waals surface area contributed by atoms with Crippen molar-refractivity contribution in [1.82, 2.24) is 0 Å². The Morgan fingerprint density at radius 2 is 2.36 bits per heavy atom. The van der Waals surface area contributed by atoms with Crippen LogP contribution >= 0.6 is 11.6 Å². The quantitative estimate of drug-likeness (QED) is 0.640. The van der Waals surface area contributed by atoms with Crippen molar-refractivity contribution in [2.24, 2.45) is 5.92 Å². The molecule has 0 amide bonds. The lowest BCUT2D eigenvalue weighted by Crippen LogP contribution is -2.34. The third-order valence-corrected chi connectivity index (χ3v) is 2.35. The molecule has 3 heteroatoms. The molecule has 2 nitrogen and oxygen atoms in total. The molecule has 0 spiro atoms. The van der Waals surface area contributed by atoms with Crippen LogP contribution in [0.3, 0.4) is 0 Å². The summed E-state index contributed by atoms with van der Waals surface area (Å²) in [4.78, 5) is 0. The molecule has 0 fully saturated rings. The van der Waals surface area contributed by atoms with Gasteiger partial charge in [-0.2, -0.15) is 0 Å². The van der Waals surface area contributed by atoms with E-state index in [0.29, 0.717) is 0 Å². The summed E-state index contributed by atoms with van der Waals surface area (Å²) in [6.07, 6.45) is 7.22. The van der Waals surface area contributed by atoms with Gasteiger partial charge < -0.3 is 9.84 Å². The van der Waals surface area contributed by atoms with E-state index in [1.807, 2.05) is 18.2 Å². The highest BCUT2D eigenvalue weighted by atomic mass is 35.5. The molecule has 62 valence electrons. The highest BCUT2D eigenvalue weighted by Gasteiger charge is 2.33. The molecule has 0 saturated heterocycles. The summed E-state index contributed by atoms with van der Waals surface area (Å²) in [6, 6.07) is 0. The molecule has 0 radical (unpaired) electrons. The zero-order chi connectivity index (χ0) is 8.32. The first-order valence-corrected chi connectivity index (χ1v) is 3.81. The fourth-order valence-corrected chi connectivity index (χ4v) is 1.26. The van der Waals surface area contributed by atoms with Gasteiger partial charge in [-0.15, -0.1) is 0 Å². The van der Waals surface area contributed by atoms with Gasteiger partial charge in [0.25, 0.3) is 0 Å². The number of aliphatic hydroxyl groups excluding tert-OH is 1. The third kappa shape index (κ3) is 1.64. The third-order valence-electron chi connectivity index (χ3n) is 1.79. The van der Waals surface area contributed by atoms with E-state index in [4.69, 9.17) is 21.4 Å². The lowest BCUT2D eigenvalue weighted by Gasteiger charge is -2.29. The van der Waals surface area contributed by atoms with Gasteiger partial charge in [0.1, 0.15) is 0 Å². The van der Waals surface area contributed by atoms with Crippen LogP contribution in [-0.4, -0.2) is 23.9 Å². The van der Waals surface area contributed by atoms with E-state index in [1.165, 1.54) is 7.11 Å². The topological polar surface area (TPSA) is 29.5 Å². The van der Waals surface area contributed by atoms with E-state index in [9.17, 15) is 0 Å². The molecule has 11 heavy (non-hydrogen) atoms. The van der Waals surface area contributed by atoms with Gasteiger partial charge in [0, 0.05) is 13.0 Å². The Hall–Kier alpha value is -0.310. The molecule has 0 bridgehead atoms. The van der Waals surface area contributed by atoms with E-state index < -0.39 is 5.06 Å². The van der Waals surface area contributed by atoms with Gasteiger partial charge in [0.05, 0.1) is 6.61 Å². The lowest BCUT2D eigenvalue weighted by molar-refractivity contribution is 0.0444. The summed E-state index contributed by atoms with van der Waals surface area (Å²) in [6.45, 7) is -0.00181. The van der Waals surface area contributed by atoms with E-state index in [-0.39, 0.29) is 12.5 Å². The normalized spacial score (nSPS) is 36.1. The van der Waals surface area contributed by atoms with Crippen LogP contribution in [0.1, 0.15) is 0 Å². The zero-order valence-corrected chi connectivity index (χ0v) is 7.08. The molecule has 1 N–H and O–H groups in total. The standard InChI is InChI=1S/C8H11ClO2/c1-11-8(9)5-3-2-4-7(8)6-10/h2-5,7,10H,6H2,1H3/t7-,8+/m1/s1. The molecule has 1 rings (SSSR count). The highest BCUT2D eigenvalue weighted by Crippen LogP contribution is 2.31. The maximum absolute atomic E-state index is 8.91. The Morgan fingerprint density at radius 1 is 1.64 bits per heavy atom. The first-order chi connectivity index (χ1) is 5.23. The number of rotatable bonds is 2. The van der Waals surface area contributed by atoms with E-state index in [1.54, 1.807) is 6.08 Å². The van der Waals surface area contributed by atoms with Gasteiger partial charge in [0.15, 0.2) is 5.06 Å². The molecule has 1 aliphatic rings. The highest BCUT2D eigenvalue weighted by molar-refractivity contribution is 6.24. The second-order valence-electron chi connectivity index (χ2n) is 2.43. The fourth-order valence-electron chi connectivity index (χ4n) is 1.04. The molecule has 0 heterocycles. The minimum absolute atomic E-state index is 0.00181. The Morgan fingerprint density at radius 3 is 2.82 bits per heavy atom. The van der Waals surface area contributed by atoms with Crippen molar-refractivity contribution in [3.8, 4) is 0 Å². The lowest BCUT2D eigenvalue weighted by atomic mass is 9.98. The van der Waals surface area contributed by atoms with Crippen LogP contribution in [0.25, 0.3) is 0 Å². The summed E-state index contributed by atoms with van der Waals surface area (Å²) < 4.78 is 5.05. The van der Waals surface area contributed by atoms with Gasteiger partial charge in [-0.3, -0.25) is 0 Å². The summed E-state index contributed by atoms with van der Waals surface area (Å²) >= 11 is 6.01. The van der Waals surface area contributed by atoms with Crippen LogP contribution in [-0.2, 0) is 4.74 Å². The van der Waals surface area contributed by atoms with Crippen LogP contribution in [0, 0.1) is 5.92 Å². The average molecular weight is 175 g/mol. The molecule has 0 saturated carbocycles.